The summed E-state index contributed by atoms with van der Waals surface area (Å²) in [5.74, 6) is 6.59. The molecule has 0 saturated carbocycles. The van der Waals surface area contributed by atoms with Gasteiger partial charge in [0.05, 0.1) is 12.6 Å². The lowest BCUT2D eigenvalue weighted by Crippen LogP contribution is -2.28. The molecule has 0 aromatic heterocycles. The lowest BCUT2D eigenvalue weighted by atomic mass is 9.98. The van der Waals surface area contributed by atoms with Crippen molar-refractivity contribution in [1.29, 1.82) is 0 Å². The van der Waals surface area contributed by atoms with Crippen molar-refractivity contribution in [3.8, 4) is 5.75 Å². The minimum Gasteiger partial charge on any atom is -0.494 e. The van der Waals surface area contributed by atoms with Gasteiger partial charge in [0.25, 0.3) is 0 Å². The van der Waals surface area contributed by atoms with Gasteiger partial charge >= 0.3 is 0 Å². The molecule has 0 saturated heterocycles. The summed E-state index contributed by atoms with van der Waals surface area (Å²) in [5.41, 5.74) is 6.01. The second-order valence-electron chi connectivity index (χ2n) is 5.03. The van der Waals surface area contributed by atoms with E-state index in [4.69, 9.17) is 22.2 Å². The van der Waals surface area contributed by atoms with Crippen molar-refractivity contribution in [2.45, 2.75) is 26.3 Å². The molecule has 0 aliphatic rings. The molecule has 2 rings (SSSR count). The number of nitrogens with two attached hydrogens (primary N) is 1. The van der Waals surface area contributed by atoms with Gasteiger partial charge in [0, 0.05) is 5.02 Å². The van der Waals surface area contributed by atoms with Crippen molar-refractivity contribution >= 4 is 11.6 Å². The van der Waals surface area contributed by atoms with Crippen LogP contribution in [0.2, 0.25) is 5.02 Å². The van der Waals surface area contributed by atoms with Crippen LogP contribution in [0.25, 0.3) is 0 Å². The maximum absolute atomic E-state index is 6.20. The van der Waals surface area contributed by atoms with Crippen LogP contribution >= 0.6 is 11.6 Å². The van der Waals surface area contributed by atoms with Crippen molar-refractivity contribution in [2.24, 2.45) is 5.84 Å². The van der Waals surface area contributed by atoms with Crippen LogP contribution in [-0.4, -0.2) is 6.61 Å². The monoisotopic (exact) mass is 304 g/mol. The molecule has 0 aliphatic heterocycles. The maximum Gasteiger partial charge on any atom is 0.119 e. The van der Waals surface area contributed by atoms with Gasteiger partial charge in [0.15, 0.2) is 0 Å². The second-order valence-corrected chi connectivity index (χ2v) is 5.43. The minimum absolute atomic E-state index is 0.0941. The van der Waals surface area contributed by atoms with E-state index < -0.39 is 0 Å². The topological polar surface area (TPSA) is 47.3 Å². The Morgan fingerprint density at radius 1 is 1.14 bits per heavy atom. The predicted molar refractivity (Wildman–Crippen MR) is 87.6 cm³/mol. The molecule has 0 aliphatic carbocycles. The highest BCUT2D eigenvalue weighted by Crippen LogP contribution is 2.27. The molecular weight excluding hydrogens is 284 g/mol. The average molecular weight is 305 g/mol. The first-order chi connectivity index (χ1) is 10.2. The van der Waals surface area contributed by atoms with Crippen molar-refractivity contribution in [2.75, 3.05) is 6.61 Å². The Bertz CT molecular complexity index is 584. The third kappa shape index (κ3) is 3.97. The Kier molecular flexibility index (Phi) is 5.62. The molecule has 2 aromatic rings. The van der Waals surface area contributed by atoms with Crippen molar-refractivity contribution in [1.82, 2.24) is 5.43 Å². The van der Waals surface area contributed by atoms with Crippen LogP contribution in [0.1, 0.15) is 36.1 Å². The summed E-state index contributed by atoms with van der Waals surface area (Å²) < 4.78 is 5.59. The molecule has 2 aromatic carbocycles. The van der Waals surface area contributed by atoms with Gasteiger partial charge in [-0.15, -0.1) is 0 Å². The lowest BCUT2D eigenvalue weighted by molar-refractivity contribution is 0.317. The van der Waals surface area contributed by atoms with Gasteiger partial charge in [-0.2, -0.15) is 0 Å². The molecule has 4 heteroatoms. The largest absolute Gasteiger partial charge is 0.494 e. The van der Waals surface area contributed by atoms with E-state index in [9.17, 15) is 0 Å². The number of rotatable bonds is 6. The number of benzene rings is 2. The van der Waals surface area contributed by atoms with Crippen molar-refractivity contribution in [3.63, 3.8) is 0 Å². The average Bonchev–Trinajstić information content (AvgIpc) is 2.50. The molecule has 0 fully saturated rings. The van der Waals surface area contributed by atoms with Crippen molar-refractivity contribution < 1.29 is 4.74 Å². The summed E-state index contributed by atoms with van der Waals surface area (Å²) in [6.45, 7) is 4.80. The quantitative estimate of drug-likeness (QED) is 0.626. The van der Waals surface area contributed by atoms with E-state index in [-0.39, 0.29) is 6.04 Å². The summed E-state index contributed by atoms with van der Waals surface area (Å²) in [6.07, 6.45) is 0.997. The van der Waals surface area contributed by atoms with Crippen LogP contribution in [0.5, 0.6) is 5.75 Å². The molecule has 0 bridgehead atoms. The van der Waals surface area contributed by atoms with Crippen LogP contribution in [0.15, 0.2) is 42.5 Å². The Balaban J connectivity index is 2.22. The second kappa shape index (κ2) is 7.46. The Hall–Kier alpha value is -1.55. The van der Waals surface area contributed by atoms with E-state index in [2.05, 4.69) is 12.3 Å². The van der Waals surface area contributed by atoms with Crippen LogP contribution in [0.4, 0.5) is 0 Å². The Labute approximate surface area is 131 Å². The first kappa shape index (κ1) is 15.8. The summed E-state index contributed by atoms with van der Waals surface area (Å²) in [7, 11) is 0. The molecule has 1 atom stereocenters. The summed E-state index contributed by atoms with van der Waals surface area (Å²) in [6, 6.07) is 13.9. The number of nitrogens with one attached hydrogen (secondary N) is 1. The molecule has 3 nitrogen and oxygen atoms in total. The fraction of sp³-hybridized carbons (Fsp3) is 0.294. The zero-order valence-corrected chi connectivity index (χ0v) is 13.2. The number of halogens is 1. The van der Waals surface area contributed by atoms with E-state index >= 15 is 0 Å². The van der Waals surface area contributed by atoms with Crippen LogP contribution in [0.3, 0.4) is 0 Å². The third-order valence-electron chi connectivity index (χ3n) is 3.38. The Morgan fingerprint density at radius 2 is 1.81 bits per heavy atom. The maximum atomic E-state index is 6.20. The molecule has 1 unspecified atom stereocenters. The molecule has 3 N–H and O–H groups in total. The standard InChI is InChI=1S/C17H21ClN2O/c1-3-10-21-15-8-6-13(7-9-15)17(20-19)14-5-4-12(2)16(18)11-14/h4-9,11,17,20H,3,10,19H2,1-2H3. The van der Waals surface area contributed by atoms with Gasteiger partial charge in [-0.05, 0) is 48.2 Å². The zero-order chi connectivity index (χ0) is 15.2. The number of hydrazine groups is 1. The highest BCUT2D eigenvalue weighted by atomic mass is 35.5. The molecule has 0 heterocycles. The highest BCUT2D eigenvalue weighted by molar-refractivity contribution is 6.31. The fourth-order valence-electron chi connectivity index (χ4n) is 2.15. The van der Waals surface area contributed by atoms with E-state index in [1.807, 2.05) is 49.4 Å². The molecule has 0 amide bonds. The Morgan fingerprint density at radius 3 is 2.38 bits per heavy atom. The minimum atomic E-state index is -0.0941. The molecular formula is C17H21ClN2O. The summed E-state index contributed by atoms with van der Waals surface area (Å²) in [4.78, 5) is 0. The summed E-state index contributed by atoms with van der Waals surface area (Å²) >= 11 is 6.20. The molecule has 0 radical (unpaired) electrons. The van der Waals surface area contributed by atoms with E-state index in [1.54, 1.807) is 0 Å². The SMILES string of the molecule is CCCOc1ccc(C(NN)c2ccc(C)c(Cl)c2)cc1. The number of aryl methyl sites for hydroxylation is 1. The smallest absolute Gasteiger partial charge is 0.119 e. The van der Waals surface area contributed by atoms with Gasteiger partial charge in [-0.1, -0.05) is 42.8 Å². The van der Waals surface area contributed by atoms with Crippen LogP contribution < -0.4 is 16.0 Å². The molecule has 112 valence electrons. The lowest BCUT2D eigenvalue weighted by Gasteiger charge is -2.18. The third-order valence-corrected chi connectivity index (χ3v) is 3.79. The number of hydrogen-bond acceptors (Lipinski definition) is 3. The van der Waals surface area contributed by atoms with Crippen molar-refractivity contribution in [3.05, 3.63) is 64.2 Å². The van der Waals surface area contributed by atoms with Gasteiger partial charge < -0.3 is 4.74 Å². The highest BCUT2D eigenvalue weighted by Gasteiger charge is 2.13. The number of hydrogen-bond donors (Lipinski definition) is 2. The van der Waals surface area contributed by atoms with Crippen LogP contribution in [-0.2, 0) is 0 Å². The number of ether oxygens (including phenoxy) is 1. The van der Waals surface area contributed by atoms with E-state index in [0.29, 0.717) is 0 Å². The zero-order valence-electron chi connectivity index (χ0n) is 12.4. The fourth-order valence-corrected chi connectivity index (χ4v) is 2.34. The van der Waals surface area contributed by atoms with Gasteiger partial charge in [-0.3, -0.25) is 5.84 Å². The predicted octanol–water partition coefficient (Wildman–Crippen LogP) is 3.99. The first-order valence-corrected chi connectivity index (χ1v) is 7.48. The summed E-state index contributed by atoms with van der Waals surface area (Å²) in [5, 5.41) is 0.746. The van der Waals surface area contributed by atoms with Gasteiger partial charge in [0.2, 0.25) is 0 Å². The van der Waals surface area contributed by atoms with E-state index in [1.165, 1.54) is 0 Å². The van der Waals surface area contributed by atoms with Crippen LogP contribution in [0, 0.1) is 6.92 Å². The normalized spacial score (nSPS) is 12.2. The first-order valence-electron chi connectivity index (χ1n) is 7.10. The molecule has 21 heavy (non-hydrogen) atoms. The van der Waals surface area contributed by atoms with Gasteiger partial charge in [-0.25, -0.2) is 5.43 Å². The molecule has 0 spiro atoms. The van der Waals surface area contributed by atoms with Gasteiger partial charge in [0.1, 0.15) is 5.75 Å². The van der Waals surface area contributed by atoms with E-state index in [0.717, 1.165) is 40.5 Å².